The summed E-state index contributed by atoms with van der Waals surface area (Å²) >= 11 is 5.12. The van der Waals surface area contributed by atoms with Crippen LogP contribution in [0.4, 0.5) is 0 Å². The summed E-state index contributed by atoms with van der Waals surface area (Å²) in [5, 5.41) is 0.898. The average molecular weight is 415 g/mol. The lowest BCUT2D eigenvalue weighted by atomic mass is 10.1. The topological polar surface area (TPSA) is 35.0 Å². The highest BCUT2D eigenvalue weighted by molar-refractivity contribution is 9.10. The lowest BCUT2D eigenvalue weighted by Crippen LogP contribution is -2.00. The molecule has 128 valence electrons. The van der Waals surface area contributed by atoms with Crippen molar-refractivity contribution in [2.24, 2.45) is 0 Å². The Kier molecular flexibility index (Phi) is 6.89. The van der Waals surface area contributed by atoms with E-state index in [1.165, 1.54) is 5.56 Å². The van der Waals surface area contributed by atoms with Gasteiger partial charge in [0, 0.05) is 28.0 Å². The van der Waals surface area contributed by atoms with Gasteiger partial charge in [0.2, 0.25) is 0 Å². The van der Waals surface area contributed by atoms with Gasteiger partial charge in [0.1, 0.15) is 5.03 Å². The predicted molar refractivity (Wildman–Crippen MR) is 105 cm³/mol. The molecule has 0 aliphatic carbocycles. The fourth-order valence-electron chi connectivity index (χ4n) is 2.37. The molecule has 3 nitrogen and oxygen atoms in total. The van der Waals surface area contributed by atoms with Crippen LogP contribution < -0.4 is 4.74 Å². The van der Waals surface area contributed by atoms with Crippen molar-refractivity contribution in [3.8, 4) is 5.75 Å². The van der Waals surface area contributed by atoms with Gasteiger partial charge in [-0.05, 0) is 67.3 Å². The molecule has 2 heterocycles. The highest BCUT2D eigenvalue weighted by Crippen LogP contribution is 2.34. The second-order valence-electron chi connectivity index (χ2n) is 5.53. The van der Waals surface area contributed by atoms with Crippen molar-refractivity contribution >= 4 is 27.7 Å². The Labute approximate surface area is 161 Å². The summed E-state index contributed by atoms with van der Waals surface area (Å²) in [6.07, 6.45) is 8.64. The van der Waals surface area contributed by atoms with Gasteiger partial charge in [-0.2, -0.15) is 0 Å². The van der Waals surface area contributed by atoms with Gasteiger partial charge >= 0.3 is 0 Å². The van der Waals surface area contributed by atoms with Crippen LogP contribution in [0.2, 0.25) is 0 Å². The predicted octanol–water partition coefficient (Wildman–Crippen LogP) is 5.79. The van der Waals surface area contributed by atoms with E-state index in [0.717, 1.165) is 39.4 Å². The van der Waals surface area contributed by atoms with E-state index in [9.17, 15) is 0 Å². The first-order valence-electron chi connectivity index (χ1n) is 8.21. The first-order chi connectivity index (χ1) is 12.3. The lowest BCUT2D eigenvalue weighted by Gasteiger charge is -2.10. The van der Waals surface area contributed by atoms with E-state index in [-0.39, 0.29) is 0 Å². The van der Waals surface area contributed by atoms with E-state index < -0.39 is 0 Å². The van der Waals surface area contributed by atoms with E-state index in [4.69, 9.17) is 4.74 Å². The molecule has 5 heteroatoms. The summed E-state index contributed by atoms with van der Waals surface area (Å²) in [6.45, 7) is 0.697. The molecule has 25 heavy (non-hydrogen) atoms. The van der Waals surface area contributed by atoms with Crippen LogP contribution in [0, 0.1) is 0 Å². The maximum Gasteiger partial charge on any atom is 0.151 e. The number of nitrogens with zero attached hydrogens (tertiary/aromatic N) is 2. The molecule has 0 spiro atoms. The third-order valence-electron chi connectivity index (χ3n) is 3.61. The SMILES string of the molecule is Brc1cccc(Sc2ncccc2OCCCCc2ccncc2)c1. The molecule has 0 N–H and O–H groups in total. The molecule has 0 saturated heterocycles. The molecule has 0 unspecified atom stereocenters. The fraction of sp³-hybridized carbons (Fsp3) is 0.200. The highest BCUT2D eigenvalue weighted by atomic mass is 79.9. The van der Waals surface area contributed by atoms with E-state index in [2.05, 4.69) is 50.2 Å². The maximum absolute atomic E-state index is 5.97. The van der Waals surface area contributed by atoms with Gasteiger partial charge in [0.05, 0.1) is 6.61 Å². The molecule has 0 atom stereocenters. The molecule has 2 aromatic heterocycles. The minimum Gasteiger partial charge on any atom is -0.491 e. The van der Waals surface area contributed by atoms with Crippen LogP contribution in [0.1, 0.15) is 18.4 Å². The number of pyridine rings is 2. The molecule has 0 radical (unpaired) electrons. The lowest BCUT2D eigenvalue weighted by molar-refractivity contribution is 0.298. The number of aryl methyl sites for hydroxylation is 1. The number of halogens is 1. The van der Waals surface area contributed by atoms with Gasteiger partial charge in [0.25, 0.3) is 0 Å². The molecule has 0 saturated carbocycles. The molecule has 0 amide bonds. The Balaban J connectivity index is 1.51. The first-order valence-corrected chi connectivity index (χ1v) is 9.82. The zero-order chi connectivity index (χ0) is 17.3. The van der Waals surface area contributed by atoms with Gasteiger partial charge in [0.15, 0.2) is 5.75 Å². The monoisotopic (exact) mass is 414 g/mol. The van der Waals surface area contributed by atoms with Crippen molar-refractivity contribution in [1.82, 2.24) is 9.97 Å². The summed E-state index contributed by atoms with van der Waals surface area (Å²) in [4.78, 5) is 9.64. The summed E-state index contributed by atoms with van der Waals surface area (Å²) in [7, 11) is 0. The van der Waals surface area contributed by atoms with E-state index in [1.54, 1.807) is 18.0 Å². The van der Waals surface area contributed by atoms with Crippen molar-refractivity contribution in [2.45, 2.75) is 29.2 Å². The average Bonchev–Trinajstić information content (AvgIpc) is 2.64. The van der Waals surface area contributed by atoms with Crippen molar-refractivity contribution in [3.63, 3.8) is 0 Å². The summed E-state index contributed by atoms with van der Waals surface area (Å²) < 4.78 is 7.03. The minimum atomic E-state index is 0.697. The van der Waals surface area contributed by atoms with Crippen LogP contribution in [-0.4, -0.2) is 16.6 Å². The van der Waals surface area contributed by atoms with E-state index in [1.807, 2.05) is 36.7 Å². The molecule has 0 aliphatic rings. The zero-order valence-electron chi connectivity index (χ0n) is 13.8. The Hall–Kier alpha value is -1.85. The Morgan fingerprint density at radius 3 is 2.68 bits per heavy atom. The second kappa shape index (κ2) is 9.59. The molecule has 1 aromatic carbocycles. The summed E-state index contributed by atoms with van der Waals surface area (Å²) in [5.74, 6) is 0.844. The van der Waals surface area contributed by atoms with Crippen molar-refractivity contribution in [3.05, 3.63) is 77.2 Å². The zero-order valence-corrected chi connectivity index (χ0v) is 16.2. The summed E-state index contributed by atoms with van der Waals surface area (Å²) in [6, 6.07) is 16.2. The normalized spacial score (nSPS) is 10.6. The van der Waals surface area contributed by atoms with Crippen LogP contribution in [0.3, 0.4) is 0 Å². The minimum absolute atomic E-state index is 0.697. The molecule has 3 aromatic rings. The first kappa shape index (κ1) is 18.0. The Morgan fingerprint density at radius 2 is 1.84 bits per heavy atom. The van der Waals surface area contributed by atoms with Gasteiger partial charge < -0.3 is 4.74 Å². The van der Waals surface area contributed by atoms with Crippen molar-refractivity contribution < 1.29 is 4.74 Å². The number of benzene rings is 1. The number of unbranched alkanes of at least 4 members (excludes halogenated alkanes) is 1. The van der Waals surface area contributed by atoms with Gasteiger partial charge in [-0.25, -0.2) is 4.98 Å². The third-order valence-corrected chi connectivity index (χ3v) is 5.10. The van der Waals surface area contributed by atoms with Gasteiger partial charge in [-0.3, -0.25) is 4.98 Å². The highest BCUT2D eigenvalue weighted by Gasteiger charge is 2.07. The van der Waals surface area contributed by atoms with E-state index in [0.29, 0.717) is 6.61 Å². The van der Waals surface area contributed by atoms with Crippen LogP contribution in [0.5, 0.6) is 5.75 Å². The number of hydrogen-bond donors (Lipinski definition) is 0. The molecule has 3 rings (SSSR count). The molecule has 0 fully saturated rings. The van der Waals surface area contributed by atoms with Gasteiger partial charge in [-0.15, -0.1) is 0 Å². The van der Waals surface area contributed by atoms with Crippen LogP contribution in [0.25, 0.3) is 0 Å². The Bertz CT molecular complexity index is 798. The fourth-order valence-corrected chi connectivity index (χ4v) is 3.82. The molecular formula is C20H19BrN2OS. The number of ether oxygens (including phenoxy) is 1. The molecular weight excluding hydrogens is 396 g/mol. The van der Waals surface area contributed by atoms with E-state index >= 15 is 0 Å². The quantitative estimate of drug-likeness (QED) is 0.436. The van der Waals surface area contributed by atoms with Crippen LogP contribution >= 0.6 is 27.7 Å². The Morgan fingerprint density at radius 1 is 0.960 bits per heavy atom. The third kappa shape index (κ3) is 5.87. The number of aromatic nitrogens is 2. The number of hydrogen-bond acceptors (Lipinski definition) is 4. The largest absolute Gasteiger partial charge is 0.491 e. The summed E-state index contributed by atoms with van der Waals surface area (Å²) in [5.41, 5.74) is 1.32. The standard InChI is InChI=1S/C20H19BrN2OS/c21-17-6-3-7-18(15-17)25-20-19(8-4-11-23-20)24-14-2-1-5-16-9-12-22-13-10-16/h3-4,6-13,15H,1-2,5,14H2. The molecule has 0 bridgehead atoms. The number of rotatable bonds is 8. The smallest absolute Gasteiger partial charge is 0.151 e. The van der Waals surface area contributed by atoms with Crippen LogP contribution in [0.15, 0.2) is 81.5 Å². The van der Waals surface area contributed by atoms with Crippen molar-refractivity contribution in [1.29, 1.82) is 0 Å². The maximum atomic E-state index is 5.97. The molecule has 0 aliphatic heterocycles. The van der Waals surface area contributed by atoms with Crippen LogP contribution in [-0.2, 0) is 6.42 Å². The second-order valence-corrected chi connectivity index (χ2v) is 7.51. The van der Waals surface area contributed by atoms with Gasteiger partial charge in [-0.1, -0.05) is 33.8 Å². The van der Waals surface area contributed by atoms with Crippen molar-refractivity contribution in [2.75, 3.05) is 6.61 Å².